The smallest absolute Gasteiger partial charge is 0.287 e. The second kappa shape index (κ2) is 7.97. The predicted molar refractivity (Wildman–Crippen MR) is 98.8 cm³/mol. The third-order valence-electron chi connectivity index (χ3n) is 3.85. The van der Waals surface area contributed by atoms with E-state index in [0.717, 1.165) is 16.9 Å². The highest BCUT2D eigenvalue weighted by atomic mass is 16.5. The summed E-state index contributed by atoms with van der Waals surface area (Å²) in [7, 11) is 1.62. The van der Waals surface area contributed by atoms with E-state index in [1.54, 1.807) is 7.11 Å². The Balaban J connectivity index is 2.26. The molecule has 0 aliphatic rings. The zero-order valence-corrected chi connectivity index (χ0v) is 15.2. The molecule has 0 saturated heterocycles. The normalized spacial score (nSPS) is 12.3. The second-order valence-electron chi connectivity index (χ2n) is 7.07. The van der Waals surface area contributed by atoms with Gasteiger partial charge in [0.2, 0.25) is 5.78 Å². The maximum atomic E-state index is 12.5. The summed E-state index contributed by atoms with van der Waals surface area (Å²) >= 11 is 0. The molecule has 0 saturated carbocycles. The highest BCUT2D eigenvalue weighted by Crippen LogP contribution is 2.29. The molecule has 2 aromatic carbocycles. The Morgan fingerprint density at radius 3 is 2.04 bits per heavy atom. The highest BCUT2D eigenvalue weighted by Gasteiger charge is 2.25. The quantitative estimate of drug-likeness (QED) is 0.817. The fourth-order valence-electron chi connectivity index (χ4n) is 2.64. The summed E-state index contributed by atoms with van der Waals surface area (Å²) in [4.78, 5) is 24.6. The van der Waals surface area contributed by atoms with Crippen molar-refractivity contribution in [3.05, 3.63) is 65.7 Å². The fraction of sp³-hybridized carbons (Fsp3) is 0.333. The van der Waals surface area contributed by atoms with Gasteiger partial charge in [0.25, 0.3) is 5.91 Å². The molecule has 0 spiro atoms. The number of nitrogens with one attached hydrogen (secondary N) is 1. The molecule has 0 radical (unpaired) electrons. The van der Waals surface area contributed by atoms with Gasteiger partial charge in [-0.3, -0.25) is 9.59 Å². The molecule has 0 fully saturated rings. The summed E-state index contributed by atoms with van der Waals surface area (Å²) in [5, 5.41) is 2.74. The molecule has 0 unspecified atom stereocenters. The lowest BCUT2D eigenvalue weighted by Gasteiger charge is -2.22. The highest BCUT2D eigenvalue weighted by molar-refractivity contribution is 6.36. The van der Waals surface area contributed by atoms with Crippen LogP contribution in [-0.4, -0.2) is 24.3 Å². The van der Waals surface area contributed by atoms with Crippen molar-refractivity contribution in [3.8, 4) is 5.75 Å². The van der Waals surface area contributed by atoms with Crippen LogP contribution < -0.4 is 10.1 Å². The summed E-state index contributed by atoms with van der Waals surface area (Å²) < 4.78 is 5.20. The minimum atomic E-state index is -0.540. The van der Waals surface area contributed by atoms with Gasteiger partial charge in [-0.15, -0.1) is 0 Å². The molecular formula is C21H25NO3. The number of hydrogen-bond donors (Lipinski definition) is 1. The van der Waals surface area contributed by atoms with Crippen LogP contribution in [-0.2, 0) is 9.59 Å². The van der Waals surface area contributed by atoms with Crippen LogP contribution in [0.1, 0.15) is 44.2 Å². The van der Waals surface area contributed by atoms with E-state index in [0.29, 0.717) is 0 Å². The van der Waals surface area contributed by atoms with Gasteiger partial charge in [-0.2, -0.15) is 0 Å². The number of carbonyl (C=O) groups is 2. The topological polar surface area (TPSA) is 55.4 Å². The molecule has 132 valence electrons. The summed E-state index contributed by atoms with van der Waals surface area (Å²) in [5.74, 6) is -0.376. The molecule has 1 atom stereocenters. The number of ether oxygens (including phenoxy) is 1. The molecule has 25 heavy (non-hydrogen) atoms. The lowest BCUT2D eigenvalue weighted by molar-refractivity contribution is -0.139. The first-order valence-corrected chi connectivity index (χ1v) is 8.34. The SMILES string of the molecule is COc1ccc([C@H](CC(=O)C(=O)NC(C)(C)C)c2ccccc2)cc1. The van der Waals surface area contributed by atoms with Crippen molar-refractivity contribution in [1.82, 2.24) is 5.32 Å². The van der Waals surface area contributed by atoms with Gasteiger partial charge in [0.15, 0.2) is 0 Å². The van der Waals surface area contributed by atoms with Crippen LogP contribution in [0.4, 0.5) is 0 Å². The Hall–Kier alpha value is -2.62. The number of Topliss-reactive ketones (excluding diaryl/α,β-unsaturated/α-hetero) is 1. The number of rotatable bonds is 6. The predicted octanol–water partition coefficient (Wildman–Crippen LogP) is 3.70. The first-order valence-electron chi connectivity index (χ1n) is 8.34. The van der Waals surface area contributed by atoms with E-state index >= 15 is 0 Å². The Labute approximate surface area is 149 Å². The lowest BCUT2D eigenvalue weighted by atomic mass is 9.87. The van der Waals surface area contributed by atoms with Crippen molar-refractivity contribution in [1.29, 1.82) is 0 Å². The lowest BCUT2D eigenvalue weighted by Crippen LogP contribution is -2.44. The summed E-state index contributed by atoms with van der Waals surface area (Å²) in [5.41, 5.74) is 1.54. The molecule has 2 rings (SSSR count). The molecule has 0 bridgehead atoms. The second-order valence-corrected chi connectivity index (χ2v) is 7.07. The van der Waals surface area contributed by atoms with Gasteiger partial charge in [-0.05, 0) is 44.0 Å². The summed E-state index contributed by atoms with van der Waals surface area (Å²) in [6.07, 6.45) is 0.123. The maximum absolute atomic E-state index is 12.5. The van der Waals surface area contributed by atoms with E-state index in [-0.39, 0.29) is 12.3 Å². The minimum Gasteiger partial charge on any atom is -0.497 e. The summed E-state index contributed by atoms with van der Waals surface area (Å²) in [6.45, 7) is 5.57. The molecular weight excluding hydrogens is 314 g/mol. The number of amides is 1. The van der Waals surface area contributed by atoms with E-state index in [1.807, 2.05) is 75.4 Å². The van der Waals surface area contributed by atoms with Gasteiger partial charge in [0.05, 0.1) is 7.11 Å². The maximum Gasteiger partial charge on any atom is 0.287 e. The van der Waals surface area contributed by atoms with Crippen LogP contribution in [0.2, 0.25) is 0 Å². The molecule has 1 amide bonds. The monoisotopic (exact) mass is 339 g/mol. The molecule has 0 heterocycles. The number of methoxy groups -OCH3 is 1. The van der Waals surface area contributed by atoms with Gasteiger partial charge >= 0.3 is 0 Å². The molecule has 0 aromatic heterocycles. The van der Waals surface area contributed by atoms with Crippen LogP contribution in [0.5, 0.6) is 5.75 Å². The van der Waals surface area contributed by atoms with E-state index in [1.165, 1.54) is 0 Å². The first kappa shape index (κ1) is 18.7. The van der Waals surface area contributed by atoms with E-state index in [9.17, 15) is 9.59 Å². The Bertz CT molecular complexity index is 715. The van der Waals surface area contributed by atoms with Crippen molar-refractivity contribution in [2.75, 3.05) is 7.11 Å². The largest absolute Gasteiger partial charge is 0.497 e. The van der Waals surface area contributed by atoms with Crippen LogP contribution in [0, 0.1) is 0 Å². The van der Waals surface area contributed by atoms with Gasteiger partial charge in [0, 0.05) is 17.9 Å². The van der Waals surface area contributed by atoms with Crippen LogP contribution in [0.3, 0.4) is 0 Å². The Morgan fingerprint density at radius 2 is 1.52 bits per heavy atom. The van der Waals surface area contributed by atoms with Crippen molar-refractivity contribution in [2.24, 2.45) is 0 Å². The van der Waals surface area contributed by atoms with Crippen molar-refractivity contribution in [3.63, 3.8) is 0 Å². The number of hydrogen-bond acceptors (Lipinski definition) is 3. The van der Waals surface area contributed by atoms with Gasteiger partial charge < -0.3 is 10.1 Å². The average Bonchev–Trinajstić information content (AvgIpc) is 2.59. The molecule has 4 nitrogen and oxygen atoms in total. The van der Waals surface area contributed by atoms with Gasteiger partial charge in [-0.1, -0.05) is 42.5 Å². The molecule has 4 heteroatoms. The van der Waals surface area contributed by atoms with Crippen molar-refractivity contribution < 1.29 is 14.3 Å². The number of ketones is 1. The van der Waals surface area contributed by atoms with E-state index < -0.39 is 17.2 Å². The van der Waals surface area contributed by atoms with Crippen LogP contribution in [0.15, 0.2) is 54.6 Å². The molecule has 0 aliphatic carbocycles. The average molecular weight is 339 g/mol. The van der Waals surface area contributed by atoms with E-state index in [4.69, 9.17) is 4.74 Å². The Morgan fingerprint density at radius 1 is 0.960 bits per heavy atom. The third kappa shape index (κ3) is 5.45. The minimum absolute atomic E-state index is 0.123. The zero-order chi connectivity index (χ0) is 18.4. The molecule has 2 aromatic rings. The van der Waals surface area contributed by atoms with Crippen LogP contribution >= 0.6 is 0 Å². The fourth-order valence-corrected chi connectivity index (χ4v) is 2.64. The standard InChI is InChI=1S/C21H25NO3/c1-21(2,3)22-20(24)19(23)14-18(15-8-6-5-7-9-15)16-10-12-17(25-4)13-11-16/h5-13,18H,14H2,1-4H3,(H,22,24)/t18-/m1/s1. The zero-order valence-electron chi connectivity index (χ0n) is 15.2. The number of benzene rings is 2. The van der Waals surface area contributed by atoms with E-state index in [2.05, 4.69) is 5.32 Å². The molecule has 1 N–H and O–H groups in total. The molecule has 0 aliphatic heterocycles. The Kier molecular flexibility index (Phi) is 5.97. The van der Waals surface area contributed by atoms with Gasteiger partial charge in [-0.25, -0.2) is 0 Å². The van der Waals surface area contributed by atoms with Crippen LogP contribution in [0.25, 0.3) is 0 Å². The number of carbonyl (C=O) groups excluding carboxylic acids is 2. The van der Waals surface area contributed by atoms with Gasteiger partial charge in [0.1, 0.15) is 5.75 Å². The van der Waals surface area contributed by atoms with Crippen molar-refractivity contribution >= 4 is 11.7 Å². The first-order chi connectivity index (χ1) is 11.8. The third-order valence-corrected chi connectivity index (χ3v) is 3.85. The van der Waals surface area contributed by atoms with Crippen molar-refractivity contribution in [2.45, 2.75) is 38.6 Å². The summed E-state index contributed by atoms with van der Waals surface area (Å²) in [6, 6.07) is 17.4.